The van der Waals surface area contributed by atoms with Crippen LogP contribution in [0.2, 0.25) is 0 Å². The van der Waals surface area contributed by atoms with Gasteiger partial charge in [-0.1, -0.05) is 19.0 Å². The van der Waals surface area contributed by atoms with E-state index in [9.17, 15) is 4.79 Å². The summed E-state index contributed by atoms with van der Waals surface area (Å²) < 4.78 is 5.02. The van der Waals surface area contributed by atoms with E-state index in [1.165, 1.54) is 0 Å². The average molecular weight is 238 g/mol. The molecule has 1 aromatic rings. The largest absolute Gasteiger partial charge is 0.361 e. The molecule has 1 aromatic heterocycles. The zero-order valence-corrected chi connectivity index (χ0v) is 11.2. The lowest BCUT2D eigenvalue weighted by atomic mass is 10.1. The van der Waals surface area contributed by atoms with Crippen LogP contribution in [-0.2, 0) is 11.2 Å². The standard InChI is InChI=1S/C13H22N2O2/c1-9(2)6-5-7-14-13(16)8-12-10(3)15-17-11(12)4/h9H,5-8H2,1-4H3,(H,14,16). The van der Waals surface area contributed by atoms with Crippen molar-refractivity contribution in [3.05, 3.63) is 17.0 Å². The SMILES string of the molecule is Cc1noc(C)c1CC(=O)NCCCC(C)C. The van der Waals surface area contributed by atoms with E-state index in [-0.39, 0.29) is 5.91 Å². The third-order valence-corrected chi connectivity index (χ3v) is 2.80. The van der Waals surface area contributed by atoms with Gasteiger partial charge in [0.15, 0.2) is 0 Å². The molecule has 0 saturated carbocycles. The lowest BCUT2D eigenvalue weighted by Crippen LogP contribution is -2.26. The van der Waals surface area contributed by atoms with Crippen molar-refractivity contribution in [2.45, 2.75) is 47.0 Å². The van der Waals surface area contributed by atoms with Crippen LogP contribution in [0.1, 0.15) is 43.7 Å². The van der Waals surface area contributed by atoms with Gasteiger partial charge in [-0.3, -0.25) is 4.79 Å². The van der Waals surface area contributed by atoms with Crippen LogP contribution in [0, 0.1) is 19.8 Å². The van der Waals surface area contributed by atoms with Crippen molar-refractivity contribution in [3.8, 4) is 0 Å². The molecule has 17 heavy (non-hydrogen) atoms. The molecule has 0 radical (unpaired) electrons. The van der Waals surface area contributed by atoms with Gasteiger partial charge >= 0.3 is 0 Å². The number of hydrogen-bond donors (Lipinski definition) is 1. The molecule has 0 fully saturated rings. The summed E-state index contributed by atoms with van der Waals surface area (Å²) >= 11 is 0. The van der Waals surface area contributed by atoms with Crippen molar-refractivity contribution in [2.24, 2.45) is 5.92 Å². The molecule has 0 spiro atoms. The van der Waals surface area contributed by atoms with Gasteiger partial charge in [0.25, 0.3) is 0 Å². The number of hydrogen-bond acceptors (Lipinski definition) is 3. The van der Waals surface area contributed by atoms with Crippen molar-refractivity contribution >= 4 is 5.91 Å². The number of rotatable bonds is 6. The van der Waals surface area contributed by atoms with Crippen LogP contribution in [0.4, 0.5) is 0 Å². The zero-order chi connectivity index (χ0) is 12.8. The van der Waals surface area contributed by atoms with Crippen molar-refractivity contribution in [2.75, 3.05) is 6.54 Å². The highest BCUT2D eigenvalue weighted by Gasteiger charge is 2.12. The molecule has 1 heterocycles. The maximum absolute atomic E-state index is 11.7. The molecule has 0 bridgehead atoms. The molecule has 0 atom stereocenters. The van der Waals surface area contributed by atoms with E-state index in [1.54, 1.807) is 0 Å². The van der Waals surface area contributed by atoms with Gasteiger partial charge in [-0.05, 0) is 32.6 Å². The molecular weight excluding hydrogens is 216 g/mol. The fraction of sp³-hybridized carbons (Fsp3) is 0.692. The number of nitrogens with zero attached hydrogens (tertiary/aromatic N) is 1. The number of aromatic nitrogens is 1. The van der Waals surface area contributed by atoms with Crippen molar-refractivity contribution in [1.29, 1.82) is 0 Å². The monoisotopic (exact) mass is 238 g/mol. The van der Waals surface area contributed by atoms with Gasteiger partial charge in [-0.25, -0.2) is 0 Å². The van der Waals surface area contributed by atoms with Crippen molar-refractivity contribution < 1.29 is 9.32 Å². The smallest absolute Gasteiger partial charge is 0.224 e. The number of carbonyl (C=O) groups is 1. The van der Waals surface area contributed by atoms with Gasteiger partial charge in [0.1, 0.15) is 5.76 Å². The Bertz CT molecular complexity index is 350. The summed E-state index contributed by atoms with van der Waals surface area (Å²) in [5.74, 6) is 1.47. The first-order chi connectivity index (χ1) is 8.00. The predicted molar refractivity (Wildman–Crippen MR) is 66.8 cm³/mol. The number of nitrogens with one attached hydrogen (secondary N) is 1. The van der Waals surface area contributed by atoms with Crippen molar-refractivity contribution in [3.63, 3.8) is 0 Å². The normalized spacial score (nSPS) is 10.9. The van der Waals surface area contributed by atoms with E-state index < -0.39 is 0 Å². The number of amides is 1. The Balaban J connectivity index is 2.30. The molecule has 1 rings (SSSR count). The topological polar surface area (TPSA) is 55.1 Å². The minimum atomic E-state index is 0.0446. The third kappa shape index (κ3) is 4.59. The van der Waals surface area contributed by atoms with E-state index in [1.807, 2.05) is 13.8 Å². The number of carbonyl (C=O) groups excluding carboxylic acids is 1. The summed E-state index contributed by atoms with van der Waals surface area (Å²) in [7, 11) is 0. The Morgan fingerprint density at radius 2 is 2.12 bits per heavy atom. The lowest BCUT2D eigenvalue weighted by Gasteiger charge is -2.06. The maximum Gasteiger partial charge on any atom is 0.224 e. The summed E-state index contributed by atoms with van der Waals surface area (Å²) in [6, 6.07) is 0. The Labute approximate surface area is 103 Å². The molecule has 1 amide bonds. The van der Waals surface area contributed by atoms with Crippen LogP contribution in [0.15, 0.2) is 4.52 Å². The van der Waals surface area contributed by atoms with Crippen LogP contribution in [-0.4, -0.2) is 17.6 Å². The van der Waals surface area contributed by atoms with E-state index >= 15 is 0 Å². The molecule has 4 heteroatoms. The molecule has 0 saturated heterocycles. The minimum Gasteiger partial charge on any atom is -0.361 e. The van der Waals surface area contributed by atoms with Crippen molar-refractivity contribution in [1.82, 2.24) is 10.5 Å². The highest BCUT2D eigenvalue weighted by molar-refractivity contribution is 5.78. The summed E-state index contributed by atoms with van der Waals surface area (Å²) in [4.78, 5) is 11.7. The summed E-state index contributed by atoms with van der Waals surface area (Å²) in [6.07, 6.45) is 2.54. The van der Waals surface area contributed by atoms with E-state index in [0.717, 1.165) is 36.4 Å². The summed E-state index contributed by atoms with van der Waals surface area (Å²) in [5.41, 5.74) is 1.71. The van der Waals surface area contributed by atoms with Gasteiger partial charge in [0.05, 0.1) is 12.1 Å². The molecule has 96 valence electrons. The van der Waals surface area contributed by atoms with Crippen LogP contribution >= 0.6 is 0 Å². The lowest BCUT2D eigenvalue weighted by molar-refractivity contribution is -0.120. The van der Waals surface area contributed by atoms with Gasteiger partial charge in [-0.15, -0.1) is 0 Å². The molecular formula is C13H22N2O2. The van der Waals surface area contributed by atoms with E-state index in [2.05, 4.69) is 24.3 Å². The third-order valence-electron chi connectivity index (χ3n) is 2.80. The highest BCUT2D eigenvalue weighted by Crippen LogP contribution is 2.12. The van der Waals surface area contributed by atoms with Crippen LogP contribution in [0.5, 0.6) is 0 Å². The molecule has 0 aliphatic heterocycles. The average Bonchev–Trinajstić information content (AvgIpc) is 2.56. The Kier molecular flexibility index (Phi) is 5.19. The second-order valence-corrected chi connectivity index (χ2v) is 4.87. The first-order valence-electron chi connectivity index (χ1n) is 6.19. The quantitative estimate of drug-likeness (QED) is 0.774. The van der Waals surface area contributed by atoms with Crippen LogP contribution < -0.4 is 5.32 Å². The molecule has 0 aromatic carbocycles. The van der Waals surface area contributed by atoms with E-state index in [4.69, 9.17) is 4.52 Å². The Morgan fingerprint density at radius 3 is 2.65 bits per heavy atom. The molecule has 4 nitrogen and oxygen atoms in total. The van der Waals surface area contributed by atoms with Crippen LogP contribution in [0.25, 0.3) is 0 Å². The number of aryl methyl sites for hydroxylation is 2. The maximum atomic E-state index is 11.7. The molecule has 0 unspecified atom stereocenters. The molecule has 1 N–H and O–H groups in total. The Morgan fingerprint density at radius 1 is 1.41 bits per heavy atom. The Hall–Kier alpha value is -1.32. The van der Waals surface area contributed by atoms with Crippen LogP contribution in [0.3, 0.4) is 0 Å². The van der Waals surface area contributed by atoms with Gasteiger partial charge < -0.3 is 9.84 Å². The summed E-state index contributed by atoms with van der Waals surface area (Å²) in [5, 5.41) is 6.76. The van der Waals surface area contributed by atoms with Gasteiger partial charge in [0, 0.05) is 12.1 Å². The molecule has 0 aliphatic rings. The van der Waals surface area contributed by atoms with Gasteiger partial charge in [-0.2, -0.15) is 0 Å². The fourth-order valence-corrected chi connectivity index (χ4v) is 1.72. The first-order valence-corrected chi connectivity index (χ1v) is 6.19. The first kappa shape index (κ1) is 13.7. The fourth-order valence-electron chi connectivity index (χ4n) is 1.72. The second kappa shape index (κ2) is 6.42. The van der Waals surface area contributed by atoms with Gasteiger partial charge in [0.2, 0.25) is 5.91 Å². The predicted octanol–water partition coefficient (Wildman–Crippen LogP) is 2.39. The second-order valence-electron chi connectivity index (χ2n) is 4.87. The van der Waals surface area contributed by atoms with E-state index in [0.29, 0.717) is 12.3 Å². The molecule has 0 aliphatic carbocycles. The summed E-state index contributed by atoms with van der Waals surface area (Å²) in [6.45, 7) is 8.82. The zero-order valence-electron chi connectivity index (χ0n) is 11.2. The highest BCUT2D eigenvalue weighted by atomic mass is 16.5. The minimum absolute atomic E-state index is 0.0446.